The zero-order valence-electron chi connectivity index (χ0n) is 16.0. The molecule has 0 aliphatic carbocycles. The van der Waals surface area contributed by atoms with Gasteiger partial charge in [0.25, 0.3) is 0 Å². The van der Waals surface area contributed by atoms with E-state index in [1.165, 1.54) is 37.0 Å². The smallest absolute Gasteiger partial charge is 0.191 e. The van der Waals surface area contributed by atoms with Crippen LogP contribution in [0.5, 0.6) is 0 Å². The monoisotopic (exact) mass is 362 g/mol. The zero-order chi connectivity index (χ0) is 17.6. The number of hydrogen-bond donors (Lipinski definition) is 2. The highest BCUT2D eigenvalue weighted by atomic mass is 32.1. The Kier molecular flexibility index (Phi) is 6.77. The van der Waals surface area contributed by atoms with Gasteiger partial charge in [0.1, 0.15) is 0 Å². The summed E-state index contributed by atoms with van der Waals surface area (Å²) in [6.45, 7) is 6.25. The van der Waals surface area contributed by atoms with Crippen LogP contribution in [0.4, 0.5) is 0 Å². The highest BCUT2D eigenvalue weighted by molar-refractivity contribution is 7.09. The van der Waals surface area contributed by atoms with Crippen LogP contribution in [0.1, 0.15) is 50.8 Å². The summed E-state index contributed by atoms with van der Waals surface area (Å²) < 4.78 is 0. The Balaban J connectivity index is 1.53. The van der Waals surface area contributed by atoms with Crippen molar-refractivity contribution in [1.29, 1.82) is 0 Å². The third kappa shape index (κ3) is 5.20. The van der Waals surface area contributed by atoms with Gasteiger partial charge in [0.15, 0.2) is 5.96 Å². The molecule has 2 aliphatic heterocycles. The summed E-state index contributed by atoms with van der Waals surface area (Å²) in [7, 11) is 2.32. The van der Waals surface area contributed by atoms with Crippen LogP contribution in [0.3, 0.4) is 0 Å². The van der Waals surface area contributed by atoms with E-state index in [9.17, 15) is 0 Å². The largest absolute Gasteiger partial charge is 0.357 e. The molecule has 3 rings (SSSR count). The second-order valence-corrected chi connectivity index (χ2v) is 8.86. The van der Waals surface area contributed by atoms with Crippen molar-refractivity contribution in [3.05, 3.63) is 22.4 Å². The quantitative estimate of drug-likeness (QED) is 0.601. The minimum atomic E-state index is 0.567. The van der Waals surface area contributed by atoms with Gasteiger partial charge in [-0.2, -0.15) is 0 Å². The Bertz CT molecular complexity index is 528. The zero-order valence-corrected chi connectivity index (χ0v) is 16.8. The van der Waals surface area contributed by atoms with Gasteiger partial charge < -0.3 is 15.5 Å². The van der Waals surface area contributed by atoms with Gasteiger partial charge >= 0.3 is 0 Å². The van der Waals surface area contributed by atoms with E-state index < -0.39 is 0 Å². The minimum Gasteiger partial charge on any atom is -0.357 e. The van der Waals surface area contributed by atoms with Crippen LogP contribution in [-0.4, -0.2) is 49.1 Å². The predicted molar refractivity (Wildman–Crippen MR) is 109 cm³/mol. The summed E-state index contributed by atoms with van der Waals surface area (Å²) >= 11 is 1.85. The SMILES string of the molecule is CCNC(=NCC(C)Cc1cccs1)NC1CC2CCCC(C1)N2C. The van der Waals surface area contributed by atoms with Gasteiger partial charge in [-0.05, 0) is 63.4 Å². The number of aliphatic imine (C=N–C) groups is 1. The topological polar surface area (TPSA) is 39.7 Å². The molecule has 4 nitrogen and oxygen atoms in total. The van der Waals surface area contributed by atoms with Gasteiger partial charge in [0, 0.05) is 36.1 Å². The number of fused-ring (bicyclic) bond motifs is 2. The predicted octanol–water partition coefficient (Wildman–Crippen LogP) is 3.50. The number of rotatable bonds is 6. The van der Waals surface area contributed by atoms with E-state index in [-0.39, 0.29) is 0 Å². The Morgan fingerprint density at radius 1 is 1.36 bits per heavy atom. The Hall–Kier alpha value is -1.07. The molecule has 2 fully saturated rings. The van der Waals surface area contributed by atoms with Crippen LogP contribution in [0, 0.1) is 5.92 Å². The van der Waals surface area contributed by atoms with Crippen molar-refractivity contribution < 1.29 is 0 Å². The lowest BCUT2D eigenvalue weighted by atomic mass is 9.82. The number of guanidine groups is 1. The molecule has 5 heteroatoms. The molecular weight excluding hydrogens is 328 g/mol. The first-order chi connectivity index (χ1) is 12.2. The standard InChI is InChI=1S/C20H34N4S/c1-4-21-20(22-14-15(2)11-19-9-6-10-25-19)23-16-12-17-7-5-8-18(13-16)24(17)3/h6,9-10,15-18H,4-5,7-8,11-14H2,1-3H3,(H2,21,22,23). The van der Waals surface area contributed by atoms with Crippen LogP contribution in [0.2, 0.25) is 0 Å². The molecule has 0 saturated carbocycles. The Morgan fingerprint density at radius 2 is 2.12 bits per heavy atom. The molecule has 1 aromatic heterocycles. The van der Waals surface area contributed by atoms with E-state index in [0.717, 1.165) is 37.6 Å². The molecule has 140 valence electrons. The van der Waals surface area contributed by atoms with Gasteiger partial charge in [-0.25, -0.2) is 0 Å². The number of thiophene rings is 1. The first-order valence-electron chi connectivity index (χ1n) is 9.94. The van der Waals surface area contributed by atoms with Gasteiger partial charge in [0.2, 0.25) is 0 Å². The summed E-state index contributed by atoms with van der Waals surface area (Å²) in [6.07, 6.45) is 7.75. The number of hydrogen-bond acceptors (Lipinski definition) is 3. The number of piperidine rings is 2. The summed E-state index contributed by atoms with van der Waals surface area (Å²) in [5.41, 5.74) is 0. The van der Waals surface area contributed by atoms with Gasteiger partial charge in [0.05, 0.1) is 0 Å². The van der Waals surface area contributed by atoms with E-state index in [4.69, 9.17) is 4.99 Å². The molecule has 3 heterocycles. The fraction of sp³-hybridized carbons (Fsp3) is 0.750. The van der Waals surface area contributed by atoms with Gasteiger partial charge in [-0.1, -0.05) is 19.4 Å². The van der Waals surface area contributed by atoms with E-state index in [1.54, 1.807) is 0 Å². The highest BCUT2D eigenvalue weighted by Crippen LogP contribution is 2.32. The maximum absolute atomic E-state index is 4.89. The third-order valence-electron chi connectivity index (χ3n) is 5.72. The van der Waals surface area contributed by atoms with Gasteiger partial charge in [-0.15, -0.1) is 11.3 Å². The first-order valence-corrected chi connectivity index (χ1v) is 10.8. The van der Waals surface area contributed by atoms with Crippen LogP contribution < -0.4 is 10.6 Å². The second kappa shape index (κ2) is 9.04. The molecule has 2 aliphatic rings. The van der Waals surface area contributed by atoms with Crippen molar-refractivity contribution in [2.24, 2.45) is 10.9 Å². The molecule has 2 saturated heterocycles. The fourth-order valence-electron chi connectivity index (χ4n) is 4.33. The van der Waals surface area contributed by atoms with Gasteiger partial charge in [-0.3, -0.25) is 4.99 Å². The summed E-state index contributed by atoms with van der Waals surface area (Å²) in [5, 5.41) is 9.34. The molecule has 3 unspecified atom stereocenters. The second-order valence-electron chi connectivity index (χ2n) is 7.82. The highest BCUT2D eigenvalue weighted by Gasteiger charge is 2.36. The van der Waals surface area contributed by atoms with Crippen molar-refractivity contribution in [1.82, 2.24) is 15.5 Å². The van der Waals surface area contributed by atoms with Crippen LogP contribution in [-0.2, 0) is 6.42 Å². The Morgan fingerprint density at radius 3 is 2.76 bits per heavy atom. The summed E-state index contributed by atoms with van der Waals surface area (Å²) in [6, 6.07) is 6.44. The summed E-state index contributed by atoms with van der Waals surface area (Å²) in [4.78, 5) is 8.97. The van der Waals surface area contributed by atoms with Crippen molar-refractivity contribution in [2.75, 3.05) is 20.1 Å². The number of nitrogens with one attached hydrogen (secondary N) is 2. The first kappa shape index (κ1) is 18.7. The molecule has 2 bridgehead atoms. The van der Waals surface area contributed by atoms with E-state index in [0.29, 0.717) is 12.0 Å². The molecular formula is C20H34N4S. The normalized spacial score (nSPS) is 28.6. The van der Waals surface area contributed by atoms with Crippen molar-refractivity contribution in [3.63, 3.8) is 0 Å². The summed E-state index contributed by atoms with van der Waals surface area (Å²) in [5.74, 6) is 1.58. The molecule has 3 atom stereocenters. The molecule has 0 amide bonds. The van der Waals surface area contributed by atoms with Crippen LogP contribution in [0.25, 0.3) is 0 Å². The average molecular weight is 363 g/mol. The van der Waals surface area contributed by atoms with Crippen molar-refractivity contribution in [3.8, 4) is 0 Å². The van der Waals surface area contributed by atoms with Crippen LogP contribution in [0.15, 0.2) is 22.5 Å². The van der Waals surface area contributed by atoms with Crippen molar-refractivity contribution >= 4 is 17.3 Å². The van der Waals surface area contributed by atoms with Crippen LogP contribution >= 0.6 is 11.3 Å². The maximum atomic E-state index is 4.89. The molecule has 0 aromatic carbocycles. The molecule has 0 spiro atoms. The average Bonchev–Trinajstić information content (AvgIpc) is 3.07. The van der Waals surface area contributed by atoms with E-state index in [1.807, 2.05) is 11.3 Å². The maximum Gasteiger partial charge on any atom is 0.191 e. The van der Waals surface area contributed by atoms with E-state index in [2.05, 4.69) is 53.9 Å². The molecule has 2 N–H and O–H groups in total. The lowest BCUT2D eigenvalue weighted by Gasteiger charge is -2.47. The lowest BCUT2D eigenvalue weighted by Crippen LogP contribution is -2.56. The number of nitrogens with zero attached hydrogens (tertiary/aromatic N) is 2. The Labute approximate surface area is 157 Å². The van der Waals surface area contributed by atoms with Crippen molar-refractivity contribution in [2.45, 2.75) is 70.5 Å². The molecule has 1 aromatic rings. The minimum absolute atomic E-state index is 0.567. The third-order valence-corrected chi connectivity index (χ3v) is 6.61. The van der Waals surface area contributed by atoms with E-state index >= 15 is 0 Å². The molecule has 25 heavy (non-hydrogen) atoms. The fourth-order valence-corrected chi connectivity index (χ4v) is 5.20. The molecule has 0 radical (unpaired) electrons. The lowest BCUT2D eigenvalue weighted by molar-refractivity contribution is 0.0526.